The van der Waals surface area contributed by atoms with Crippen molar-refractivity contribution in [3.63, 3.8) is 0 Å². The van der Waals surface area contributed by atoms with Gasteiger partial charge in [0.25, 0.3) is 5.69 Å². The fraction of sp³-hybridized carbons (Fsp3) is 0.308. The summed E-state index contributed by atoms with van der Waals surface area (Å²) in [5.41, 5.74) is 2.88. The molecule has 0 spiro atoms. The lowest BCUT2D eigenvalue weighted by Gasteiger charge is -2.16. The summed E-state index contributed by atoms with van der Waals surface area (Å²) in [5, 5.41) is 14.2. The molecule has 1 heterocycles. The van der Waals surface area contributed by atoms with Crippen LogP contribution in [0.5, 0.6) is 0 Å². The number of nitrogens with zero attached hydrogens (tertiary/aromatic N) is 2. The second-order valence-corrected chi connectivity index (χ2v) is 5.13. The van der Waals surface area contributed by atoms with Gasteiger partial charge in [0.1, 0.15) is 0 Å². The molecule has 1 aromatic carbocycles. The molecule has 0 fully saturated rings. The van der Waals surface area contributed by atoms with E-state index < -0.39 is 0 Å². The SMILES string of the molecule is CCC(NCc1cncs1)c1cccc([N+](=O)[O-])c1. The second kappa shape index (κ2) is 6.40. The van der Waals surface area contributed by atoms with Gasteiger partial charge in [-0.05, 0) is 12.0 Å². The normalized spacial score (nSPS) is 12.3. The maximum Gasteiger partial charge on any atom is 0.269 e. The van der Waals surface area contributed by atoms with Crippen LogP contribution in [0.25, 0.3) is 0 Å². The molecule has 6 heteroatoms. The Morgan fingerprint density at radius 2 is 2.37 bits per heavy atom. The zero-order valence-electron chi connectivity index (χ0n) is 10.6. The summed E-state index contributed by atoms with van der Waals surface area (Å²) in [5.74, 6) is 0. The standard InChI is InChI=1S/C13H15N3O2S/c1-2-13(15-8-12-7-14-9-19-12)10-4-3-5-11(6-10)16(17)18/h3-7,9,13,15H,2,8H2,1H3. The Kier molecular flexibility index (Phi) is 4.59. The van der Waals surface area contributed by atoms with Crippen molar-refractivity contribution in [3.05, 3.63) is 56.5 Å². The highest BCUT2D eigenvalue weighted by Gasteiger charge is 2.13. The molecule has 1 unspecified atom stereocenters. The number of thiazole rings is 1. The van der Waals surface area contributed by atoms with E-state index in [1.807, 2.05) is 12.3 Å². The molecule has 0 bridgehead atoms. The summed E-state index contributed by atoms with van der Waals surface area (Å²) in [4.78, 5) is 15.6. The van der Waals surface area contributed by atoms with Gasteiger partial charge < -0.3 is 5.32 Å². The third-order valence-electron chi connectivity index (χ3n) is 2.90. The van der Waals surface area contributed by atoms with Gasteiger partial charge in [-0.3, -0.25) is 15.1 Å². The first-order valence-corrected chi connectivity index (χ1v) is 6.93. The van der Waals surface area contributed by atoms with Crippen molar-refractivity contribution in [3.8, 4) is 0 Å². The number of hydrogen-bond donors (Lipinski definition) is 1. The maximum absolute atomic E-state index is 10.8. The van der Waals surface area contributed by atoms with Crippen molar-refractivity contribution in [2.75, 3.05) is 0 Å². The lowest BCUT2D eigenvalue weighted by atomic mass is 10.0. The summed E-state index contributed by atoms with van der Waals surface area (Å²) >= 11 is 1.60. The highest BCUT2D eigenvalue weighted by Crippen LogP contribution is 2.22. The minimum atomic E-state index is -0.362. The van der Waals surface area contributed by atoms with E-state index in [1.54, 1.807) is 29.0 Å². The number of nitro benzene ring substituents is 1. The van der Waals surface area contributed by atoms with E-state index in [0.29, 0.717) is 0 Å². The van der Waals surface area contributed by atoms with Crippen molar-refractivity contribution < 1.29 is 4.92 Å². The van der Waals surface area contributed by atoms with E-state index in [-0.39, 0.29) is 16.7 Å². The molecular formula is C13H15N3O2S. The summed E-state index contributed by atoms with van der Waals surface area (Å²) in [6.45, 7) is 2.79. The minimum Gasteiger partial charge on any atom is -0.305 e. The van der Waals surface area contributed by atoms with E-state index in [2.05, 4.69) is 17.2 Å². The Balaban J connectivity index is 2.08. The molecule has 0 aliphatic heterocycles. The molecular weight excluding hydrogens is 262 g/mol. The molecule has 19 heavy (non-hydrogen) atoms. The number of benzene rings is 1. The molecule has 0 radical (unpaired) electrons. The van der Waals surface area contributed by atoms with Crippen molar-refractivity contribution in [1.29, 1.82) is 0 Å². The van der Waals surface area contributed by atoms with Crippen LogP contribution in [-0.2, 0) is 6.54 Å². The Hall–Kier alpha value is -1.79. The van der Waals surface area contributed by atoms with Crippen LogP contribution in [0.3, 0.4) is 0 Å². The average Bonchev–Trinajstić information content (AvgIpc) is 2.93. The molecule has 0 aliphatic rings. The monoisotopic (exact) mass is 277 g/mol. The van der Waals surface area contributed by atoms with Crippen molar-refractivity contribution >= 4 is 17.0 Å². The zero-order chi connectivity index (χ0) is 13.7. The van der Waals surface area contributed by atoms with Crippen LogP contribution in [0.1, 0.15) is 29.8 Å². The van der Waals surface area contributed by atoms with Crippen LogP contribution >= 0.6 is 11.3 Å². The predicted molar refractivity (Wildman–Crippen MR) is 75.1 cm³/mol. The summed E-state index contributed by atoms with van der Waals surface area (Å²) in [7, 11) is 0. The highest BCUT2D eigenvalue weighted by atomic mass is 32.1. The van der Waals surface area contributed by atoms with E-state index in [9.17, 15) is 10.1 Å². The number of nitro groups is 1. The summed E-state index contributed by atoms with van der Waals surface area (Å²) in [6.07, 6.45) is 2.71. The van der Waals surface area contributed by atoms with E-state index >= 15 is 0 Å². The number of nitrogens with one attached hydrogen (secondary N) is 1. The zero-order valence-corrected chi connectivity index (χ0v) is 11.4. The van der Waals surface area contributed by atoms with Crippen molar-refractivity contribution in [2.24, 2.45) is 0 Å². The Bertz CT molecular complexity index is 543. The molecule has 100 valence electrons. The highest BCUT2D eigenvalue weighted by molar-refractivity contribution is 7.09. The van der Waals surface area contributed by atoms with Crippen LogP contribution in [-0.4, -0.2) is 9.91 Å². The van der Waals surface area contributed by atoms with Crippen LogP contribution in [0, 0.1) is 10.1 Å². The quantitative estimate of drug-likeness (QED) is 0.650. The molecule has 1 atom stereocenters. The first kappa shape index (κ1) is 13.6. The molecule has 0 saturated heterocycles. The van der Waals surface area contributed by atoms with Gasteiger partial charge in [-0.2, -0.15) is 0 Å². The van der Waals surface area contributed by atoms with Gasteiger partial charge in [0, 0.05) is 35.8 Å². The smallest absolute Gasteiger partial charge is 0.269 e. The fourth-order valence-electron chi connectivity index (χ4n) is 1.91. The third kappa shape index (κ3) is 3.59. The number of hydrogen-bond acceptors (Lipinski definition) is 5. The van der Waals surface area contributed by atoms with Gasteiger partial charge in [-0.1, -0.05) is 19.1 Å². The van der Waals surface area contributed by atoms with Crippen LogP contribution in [0.4, 0.5) is 5.69 Å². The molecule has 0 amide bonds. The molecule has 0 aliphatic carbocycles. The van der Waals surface area contributed by atoms with Gasteiger partial charge in [0.15, 0.2) is 0 Å². The van der Waals surface area contributed by atoms with Crippen LogP contribution in [0.15, 0.2) is 36.0 Å². The van der Waals surface area contributed by atoms with Gasteiger partial charge in [0.05, 0.1) is 10.4 Å². The van der Waals surface area contributed by atoms with Gasteiger partial charge in [0.2, 0.25) is 0 Å². The Morgan fingerprint density at radius 1 is 1.53 bits per heavy atom. The molecule has 0 saturated carbocycles. The molecule has 1 N–H and O–H groups in total. The van der Waals surface area contributed by atoms with E-state index in [0.717, 1.165) is 23.4 Å². The topological polar surface area (TPSA) is 68.1 Å². The summed E-state index contributed by atoms with van der Waals surface area (Å²) < 4.78 is 0. The first-order valence-electron chi connectivity index (χ1n) is 6.05. The molecule has 5 nitrogen and oxygen atoms in total. The summed E-state index contributed by atoms with van der Waals surface area (Å²) in [6, 6.07) is 6.90. The third-order valence-corrected chi connectivity index (χ3v) is 3.68. The van der Waals surface area contributed by atoms with Gasteiger partial charge >= 0.3 is 0 Å². The minimum absolute atomic E-state index is 0.113. The van der Waals surface area contributed by atoms with E-state index in [1.165, 1.54) is 6.07 Å². The lowest BCUT2D eigenvalue weighted by molar-refractivity contribution is -0.384. The molecule has 1 aromatic heterocycles. The number of rotatable bonds is 6. The number of aromatic nitrogens is 1. The first-order chi connectivity index (χ1) is 9.20. The van der Waals surface area contributed by atoms with Gasteiger partial charge in [-0.25, -0.2) is 0 Å². The van der Waals surface area contributed by atoms with Crippen molar-refractivity contribution in [1.82, 2.24) is 10.3 Å². The van der Waals surface area contributed by atoms with E-state index in [4.69, 9.17) is 0 Å². The average molecular weight is 277 g/mol. The van der Waals surface area contributed by atoms with Crippen LogP contribution < -0.4 is 5.32 Å². The predicted octanol–water partition coefficient (Wildman–Crippen LogP) is 3.29. The van der Waals surface area contributed by atoms with Crippen molar-refractivity contribution in [2.45, 2.75) is 25.9 Å². The van der Waals surface area contributed by atoms with Gasteiger partial charge in [-0.15, -0.1) is 11.3 Å². The Labute approximate surface area is 115 Å². The number of non-ortho nitro benzene ring substituents is 1. The second-order valence-electron chi connectivity index (χ2n) is 4.16. The maximum atomic E-state index is 10.8. The van der Waals surface area contributed by atoms with Crippen LogP contribution in [0.2, 0.25) is 0 Å². The lowest BCUT2D eigenvalue weighted by Crippen LogP contribution is -2.19. The molecule has 2 rings (SSSR count). The Morgan fingerprint density at radius 3 is 3.00 bits per heavy atom. The largest absolute Gasteiger partial charge is 0.305 e. The fourth-order valence-corrected chi connectivity index (χ4v) is 2.45. The molecule has 2 aromatic rings.